The van der Waals surface area contributed by atoms with E-state index in [1.54, 1.807) is 11.8 Å². The summed E-state index contributed by atoms with van der Waals surface area (Å²) in [6, 6.07) is 15.6. The van der Waals surface area contributed by atoms with Crippen molar-refractivity contribution in [3.8, 4) is 0 Å². The zero-order valence-corrected chi connectivity index (χ0v) is 13.2. The van der Waals surface area contributed by atoms with Gasteiger partial charge in [0, 0.05) is 15.8 Å². The number of fused-ring (bicyclic) bond motifs is 2. The van der Waals surface area contributed by atoms with Gasteiger partial charge in [0.25, 0.3) is 0 Å². The number of hydrogen-bond acceptors (Lipinski definition) is 3. The molecular weight excluding hydrogens is 305 g/mol. The molecule has 3 rings (SSSR count). The van der Waals surface area contributed by atoms with E-state index in [9.17, 15) is 14.4 Å². The summed E-state index contributed by atoms with van der Waals surface area (Å²) >= 11 is 1.69. The Bertz CT molecular complexity index is 670. The van der Waals surface area contributed by atoms with Gasteiger partial charge in [-0.1, -0.05) is 36.0 Å². The molecule has 0 fully saturated rings. The normalized spacial score (nSPS) is 15.3. The van der Waals surface area contributed by atoms with Gasteiger partial charge in [0.15, 0.2) is 0 Å². The smallest absolute Gasteiger partial charge is 0.327 e. The van der Waals surface area contributed by atoms with E-state index in [1.165, 1.54) is 0 Å². The molecule has 1 unspecified atom stereocenters. The minimum absolute atomic E-state index is 0.166. The molecule has 1 heterocycles. The maximum atomic E-state index is 11.4. The molecule has 0 aromatic heterocycles. The predicted octanol–water partition coefficient (Wildman–Crippen LogP) is 3.86. The van der Waals surface area contributed by atoms with Gasteiger partial charge < -0.3 is 14.7 Å². The molecule has 21 heavy (non-hydrogen) atoms. The fourth-order valence-electron chi connectivity index (χ4n) is 2.63. The zero-order valence-electron chi connectivity index (χ0n) is 11.5. The fraction of sp³-hybridized carbons (Fsp3) is 0.200. The Labute approximate surface area is 128 Å². The molecular formula is C15H16NO3PS. The van der Waals surface area contributed by atoms with Crippen molar-refractivity contribution in [1.82, 2.24) is 0 Å². The van der Waals surface area contributed by atoms with Crippen LogP contribution in [-0.4, -0.2) is 22.0 Å². The van der Waals surface area contributed by atoms with E-state index in [4.69, 9.17) is 0 Å². The van der Waals surface area contributed by atoms with Crippen molar-refractivity contribution in [2.24, 2.45) is 0 Å². The summed E-state index contributed by atoms with van der Waals surface area (Å²) in [4.78, 5) is 22.8. The van der Waals surface area contributed by atoms with Crippen molar-refractivity contribution in [2.75, 3.05) is 11.1 Å². The molecule has 0 saturated carbocycles. The van der Waals surface area contributed by atoms with Crippen LogP contribution in [0.4, 0.5) is 11.4 Å². The van der Waals surface area contributed by atoms with Gasteiger partial charge in [0.2, 0.25) is 0 Å². The summed E-state index contributed by atoms with van der Waals surface area (Å²) in [7, 11) is -4.06. The first-order valence-corrected chi connectivity index (χ1v) is 9.27. The van der Waals surface area contributed by atoms with E-state index in [-0.39, 0.29) is 12.2 Å². The lowest BCUT2D eigenvalue weighted by molar-refractivity contribution is 0.369. The van der Waals surface area contributed by atoms with Crippen LogP contribution in [0.5, 0.6) is 0 Å². The topological polar surface area (TPSA) is 60.8 Å². The standard InChI is InChI=1S/C15H16NO3PS/c1-11(10-20(17,18)19)16-12-6-2-4-8-14(12)21-15-9-5-3-7-13(15)16/h2-9,11H,10H2,1H3,(H2,17,18,19). The molecule has 0 spiro atoms. The summed E-state index contributed by atoms with van der Waals surface area (Å²) in [5, 5.41) is 0. The van der Waals surface area contributed by atoms with Crippen molar-refractivity contribution in [1.29, 1.82) is 0 Å². The minimum Gasteiger partial charge on any atom is -0.336 e. The Balaban J connectivity index is 2.08. The molecule has 1 atom stereocenters. The van der Waals surface area contributed by atoms with Gasteiger partial charge in [-0.15, -0.1) is 0 Å². The first-order chi connectivity index (χ1) is 9.96. The van der Waals surface area contributed by atoms with Crippen LogP contribution in [0, 0.1) is 0 Å². The van der Waals surface area contributed by atoms with E-state index in [0.29, 0.717) is 0 Å². The molecule has 4 nitrogen and oxygen atoms in total. The Kier molecular flexibility index (Phi) is 3.84. The average molecular weight is 321 g/mol. The monoisotopic (exact) mass is 321 g/mol. The van der Waals surface area contributed by atoms with Gasteiger partial charge in [-0.3, -0.25) is 4.57 Å². The van der Waals surface area contributed by atoms with Crippen LogP contribution in [-0.2, 0) is 4.57 Å². The number of hydrogen-bond donors (Lipinski definition) is 2. The van der Waals surface area contributed by atoms with E-state index < -0.39 is 7.60 Å². The van der Waals surface area contributed by atoms with Crippen LogP contribution in [0.2, 0.25) is 0 Å². The first-order valence-electron chi connectivity index (χ1n) is 6.65. The second-order valence-electron chi connectivity index (χ2n) is 5.10. The summed E-state index contributed by atoms with van der Waals surface area (Å²) in [6.45, 7) is 1.85. The Morgan fingerprint density at radius 3 is 2.00 bits per heavy atom. The van der Waals surface area contributed by atoms with E-state index in [2.05, 4.69) is 0 Å². The molecule has 0 bridgehead atoms. The lowest BCUT2D eigenvalue weighted by Crippen LogP contribution is -2.33. The van der Waals surface area contributed by atoms with Gasteiger partial charge in [-0.05, 0) is 31.2 Å². The minimum atomic E-state index is -4.06. The maximum absolute atomic E-state index is 11.4. The van der Waals surface area contributed by atoms with Crippen LogP contribution < -0.4 is 4.90 Å². The van der Waals surface area contributed by atoms with Crippen molar-refractivity contribution >= 4 is 30.7 Å². The van der Waals surface area contributed by atoms with Gasteiger partial charge in [0.05, 0.1) is 17.5 Å². The second kappa shape index (κ2) is 5.50. The quantitative estimate of drug-likeness (QED) is 0.841. The van der Waals surface area contributed by atoms with Crippen molar-refractivity contribution < 1.29 is 14.4 Å². The lowest BCUT2D eigenvalue weighted by Gasteiger charge is -2.37. The second-order valence-corrected chi connectivity index (χ2v) is 7.88. The molecule has 0 amide bonds. The summed E-state index contributed by atoms with van der Waals surface area (Å²) in [6.07, 6.45) is -0.166. The van der Waals surface area contributed by atoms with Gasteiger partial charge in [-0.2, -0.15) is 0 Å². The third-order valence-corrected chi connectivity index (χ3v) is 5.55. The van der Waals surface area contributed by atoms with Crippen LogP contribution in [0.15, 0.2) is 58.3 Å². The molecule has 0 radical (unpaired) electrons. The van der Waals surface area contributed by atoms with E-state index >= 15 is 0 Å². The largest absolute Gasteiger partial charge is 0.336 e. The third kappa shape index (κ3) is 3.01. The molecule has 2 aromatic carbocycles. The number of anilines is 2. The Hall–Kier alpha value is -1.26. The van der Waals surface area contributed by atoms with Crippen molar-refractivity contribution in [3.63, 3.8) is 0 Å². The summed E-state index contributed by atoms with van der Waals surface area (Å²) in [5.74, 6) is 0. The number of rotatable bonds is 3. The number of benzene rings is 2. The van der Waals surface area contributed by atoms with Crippen molar-refractivity contribution in [3.05, 3.63) is 48.5 Å². The number of nitrogens with zero attached hydrogens (tertiary/aromatic N) is 1. The Morgan fingerprint density at radius 2 is 1.52 bits per heavy atom. The highest BCUT2D eigenvalue weighted by molar-refractivity contribution is 7.99. The summed E-state index contributed by atoms with van der Waals surface area (Å²) < 4.78 is 11.4. The van der Waals surface area contributed by atoms with Crippen LogP contribution in [0.1, 0.15) is 6.92 Å². The van der Waals surface area contributed by atoms with Crippen LogP contribution in [0.3, 0.4) is 0 Å². The van der Waals surface area contributed by atoms with Crippen LogP contribution >= 0.6 is 19.4 Å². The molecule has 110 valence electrons. The highest BCUT2D eigenvalue weighted by Crippen LogP contribution is 2.50. The van der Waals surface area contributed by atoms with Gasteiger partial charge in [-0.25, -0.2) is 0 Å². The van der Waals surface area contributed by atoms with Gasteiger partial charge >= 0.3 is 7.60 Å². The highest BCUT2D eigenvalue weighted by Gasteiger charge is 2.30. The maximum Gasteiger partial charge on any atom is 0.327 e. The molecule has 2 aromatic rings. The van der Waals surface area contributed by atoms with E-state index in [1.807, 2.05) is 60.4 Å². The molecule has 2 N–H and O–H groups in total. The molecule has 6 heteroatoms. The molecule has 1 aliphatic rings. The third-order valence-electron chi connectivity index (χ3n) is 3.41. The zero-order chi connectivity index (χ0) is 15.0. The Morgan fingerprint density at radius 1 is 1.05 bits per heavy atom. The number of para-hydroxylation sites is 2. The molecule has 0 aliphatic carbocycles. The molecule has 0 saturated heterocycles. The first kappa shape index (κ1) is 14.7. The SMILES string of the molecule is CC(CP(=O)(O)O)N1c2ccccc2Sc2ccccc21. The lowest BCUT2D eigenvalue weighted by atomic mass is 10.2. The fourth-order valence-corrected chi connectivity index (χ4v) is 4.56. The van der Waals surface area contributed by atoms with Gasteiger partial charge in [0.1, 0.15) is 0 Å². The average Bonchev–Trinajstić information content (AvgIpc) is 2.42. The van der Waals surface area contributed by atoms with E-state index in [0.717, 1.165) is 21.2 Å². The summed E-state index contributed by atoms with van der Waals surface area (Å²) in [5.41, 5.74) is 2.00. The highest BCUT2D eigenvalue weighted by atomic mass is 32.2. The van der Waals surface area contributed by atoms with Crippen molar-refractivity contribution in [2.45, 2.75) is 22.8 Å². The molecule has 1 aliphatic heterocycles. The predicted molar refractivity (Wildman–Crippen MR) is 85.5 cm³/mol. The van der Waals surface area contributed by atoms with Crippen LogP contribution in [0.25, 0.3) is 0 Å².